The normalized spacial score (nSPS) is 11.7. The summed E-state index contributed by atoms with van der Waals surface area (Å²) in [5, 5.41) is 2.85. The van der Waals surface area contributed by atoms with Crippen molar-refractivity contribution in [2.75, 3.05) is 0 Å². The Labute approximate surface area is 173 Å². The van der Waals surface area contributed by atoms with Crippen molar-refractivity contribution in [2.45, 2.75) is 19.1 Å². The summed E-state index contributed by atoms with van der Waals surface area (Å²) in [4.78, 5) is 25.0. The quantitative estimate of drug-likeness (QED) is 0.585. The molecule has 1 amide bonds. The van der Waals surface area contributed by atoms with Gasteiger partial charge in [0.1, 0.15) is 5.82 Å². The first-order valence-electron chi connectivity index (χ1n) is 9.02. The van der Waals surface area contributed by atoms with Crippen LogP contribution in [0, 0.1) is 5.82 Å². The second-order valence-electron chi connectivity index (χ2n) is 6.43. The third kappa shape index (κ3) is 5.21. The van der Waals surface area contributed by atoms with Crippen LogP contribution in [0.5, 0.6) is 0 Å². The fourth-order valence-electron chi connectivity index (χ4n) is 2.84. The van der Waals surface area contributed by atoms with E-state index in [2.05, 4.69) is 5.32 Å². The van der Waals surface area contributed by atoms with E-state index in [1.54, 1.807) is 0 Å². The molecular formula is C23H19ClFNO3. The lowest BCUT2D eigenvalue weighted by molar-refractivity contribution is -0.129. The van der Waals surface area contributed by atoms with Gasteiger partial charge in [-0.05, 0) is 36.2 Å². The summed E-state index contributed by atoms with van der Waals surface area (Å²) < 4.78 is 18.4. The van der Waals surface area contributed by atoms with Gasteiger partial charge in [0, 0.05) is 0 Å². The van der Waals surface area contributed by atoms with E-state index < -0.39 is 29.8 Å². The molecular weight excluding hydrogens is 393 g/mol. The molecule has 0 heterocycles. The first-order valence-corrected chi connectivity index (χ1v) is 9.40. The largest absolute Gasteiger partial charge is 0.449 e. The Bertz CT molecular complexity index is 956. The van der Waals surface area contributed by atoms with Gasteiger partial charge in [0.25, 0.3) is 5.91 Å². The van der Waals surface area contributed by atoms with E-state index in [9.17, 15) is 14.0 Å². The zero-order valence-corrected chi connectivity index (χ0v) is 16.4. The second-order valence-corrected chi connectivity index (χ2v) is 6.84. The first-order chi connectivity index (χ1) is 14.0. The van der Waals surface area contributed by atoms with Gasteiger partial charge in [0.2, 0.25) is 0 Å². The number of amides is 1. The maximum Gasteiger partial charge on any atom is 0.340 e. The van der Waals surface area contributed by atoms with Crippen molar-refractivity contribution < 1.29 is 18.7 Å². The van der Waals surface area contributed by atoms with Gasteiger partial charge in [-0.2, -0.15) is 0 Å². The molecule has 0 aliphatic carbocycles. The predicted molar refractivity (Wildman–Crippen MR) is 109 cm³/mol. The number of hydrogen-bond acceptors (Lipinski definition) is 3. The van der Waals surface area contributed by atoms with E-state index >= 15 is 0 Å². The summed E-state index contributed by atoms with van der Waals surface area (Å²) in [6.45, 7) is 1.47. The van der Waals surface area contributed by atoms with E-state index in [0.29, 0.717) is 0 Å². The minimum atomic E-state index is -1.07. The number of hydrogen-bond donors (Lipinski definition) is 1. The van der Waals surface area contributed by atoms with Crippen LogP contribution in [0.4, 0.5) is 4.39 Å². The molecule has 0 saturated carbocycles. The number of carbonyl (C=O) groups is 2. The van der Waals surface area contributed by atoms with Crippen molar-refractivity contribution in [1.82, 2.24) is 5.32 Å². The van der Waals surface area contributed by atoms with Gasteiger partial charge >= 0.3 is 5.97 Å². The summed E-state index contributed by atoms with van der Waals surface area (Å²) in [6, 6.07) is 21.9. The van der Waals surface area contributed by atoms with Crippen LogP contribution in [-0.2, 0) is 9.53 Å². The molecule has 0 unspecified atom stereocenters. The molecule has 1 atom stereocenters. The molecule has 3 aromatic carbocycles. The Morgan fingerprint density at radius 1 is 0.931 bits per heavy atom. The fraction of sp³-hybridized carbons (Fsp3) is 0.130. The monoisotopic (exact) mass is 411 g/mol. The number of nitrogens with one attached hydrogen (secondary N) is 1. The van der Waals surface area contributed by atoms with Crippen LogP contribution in [-0.4, -0.2) is 18.0 Å². The number of benzene rings is 3. The minimum Gasteiger partial charge on any atom is -0.449 e. The van der Waals surface area contributed by atoms with E-state index in [1.807, 2.05) is 60.7 Å². The van der Waals surface area contributed by atoms with E-state index in [1.165, 1.54) is 13.0 Å². The van der Waals surface area contributed by atoms with Gasteiger partial charge in [-0.3, -0.25) is 4.79 Å². The fourth-order valence-corrected chi connectivity index (χ4v) is 3.09. The van der Waals surface area contributed by atoms with E-state index in [0.717, 1.165) is 23.3 Å². The van der Waals surface area contributed by atoms with Gasteiger partial charge < -0.3 is 10.1 Å². The molecule has 3 aromatic rings. The third-order valence-electron chi connectivity index (χ3n) is 4.36. The Morgan fingerprint density at radius 3 is 2.00 bits per heavy atom. The van der Waals surface area contributed by atoms with Crippen LogP contribution in [0.15, 0.2) is 78.9 Å². The number of carbonyl (C=O) groups excluding carboxylic acids is 2. The second kappa shape index (κ2) is 9.34. The maximum absolute atomic E-state index is 13.2. The molecule has 0 aliphatic heterocycles. The van der Waals surface area contributed by atoms with Crippen LogP contribution in [0.25, 0.3) is 0 Å². The first kappa shape index (κ1) is 20.6. The molecule has 0 bridgehead atoms. The number of halogens is 2. The Balaban J connectivity index is 1.74. The maximum atomic E-state index is 13.2. The molecule has 0 aromatic heterocycles. The number of ether oxygens (including phenoxy) is 1. The summed E-state index contributed by atoms with van der Waals surface area (Å²) in [6.07, 6.45) is -1.07. The Kier molecular flexibility index (Phi) is 6.62. The minimum absolute atomic E-state index is 0.00427. The lowest BCUT2D eigenvalue weighted by Gasteiger charge is -2.22. The van der Waals surface area contributed by atoms with Crippen molar-refractivity contribution in [1.29, 1.82) is 0 Å². The highest BCUT2D eigenvalue weighted by atomic mass is 35.5. The Morgan fingerprint density at radius 2 is 1.48 bits per heavy atom. The average Bonchev–Trinajstić information content (AvgIpc) is 2.73. The average molecular weight is 412 g/mol. The van der Waals surface area contributed by atoms with E-state index in [-0.39, 0.29) is 10.6 Å². The van der Waals surface area contributed by atoms with Crippen molar-refractivity contribution in [2.24, 2.45) is 0 Å². The van der Waals surface area contributed by atoms with Gasteiger partial charge in [-0.1, -0.05) is 72.3 Å². The van der Waals surface area contributed by atoms with Crippen molar-refractivity contribution in [3.05, 3.63) is 106 Å². The predicted octanol–water partition coefficient (Wildman–Crippen LogP) is 4.93. The van der Waals surface area contributed by atoms with Crippen molar-refractivity contribution in [3.8, 4) is 0 Å². The molecule has 0 saturated heterocycles. The van der Waals surface area contributed by atoms with Crippen LogP contribution in [0.1, 0.15) is 34.5 Å². The van der Waals surface area contributed by atoms with Gasteiger partial charge in [0.15, 0.2) is 6.10 Å². The van der Waals surface area contributed by atoms with E-state index in [4.69, 9.17) is 16.3 Å². The molecule has 0 spiro atoms. The molecule has 6 heteroatoms. The van der Waals surface area contributed by atoms with Crippen LogP contribution < -0.4 is 5.32 Å². The standard InChI is InChI=1S/C23H19ClFNO3/c1-15(29-23(28)19-13-12-18(25)14-20(19)24)22(27)26-21(16-8-4-2-5-9-16)17-10-6-3-7-11-17/h2-15,21H,1H3,(H,26,27)/t15-/m0/s1. The molecule has 0 radical (unpaired) electrons. The lowest BCUT2D eigenvalue weighted by Crippen LogP contribution is -2.38. The molecule has 1 N–H and O–H groups in total. The summed E-state index contributed by atoms with van der Waals surface area (Å²) >= 11 is 5.89. The molecule has 3 rings (SSSR count). The molecule has 4 nitrogen and oxygen atoms in total. The van der Waals surface area contributed by atoms with Crippen molar-refractivity contribution in [3.63, 3.8) is 0 Å². The third-order valence-corrected chi connectivity index (χ3v) is 4.67. The molecule has 29 heavy (non-hydrogen) atoms. The highest BCUT2D eigenvalue weighted by Crippen LogP contribution is 2.23. The lowest BCUT2D eigenvalue weighted by atomic mass is 9.98. The zero-order valence-electron chi connectivity index (χ0n) is 15.6. The van der Waals surface area contributed by atoms with Crippen LogP contribution >= 0.6 is 11.6 Å². The number of rotatable bonds is 6. The highest BCUT2D eigenvalue weighted by molar-refractivity contribution is 6.33. The summed E-state index contributed by atoms with van der Waals surface area (Å²) in [5.74, 6) is -1.83. The topological polar surface area (TPSA) is 55.4 Å². The van der Waals surface area contributed by atoms with Gasteiger partial charge in [-0.25, -0.2) is 9.18 Å². The van der Waals surface area contributed by atoms with Crippen LogP contribution in [0.3, 0.4) is 0 Å². The highest BCUT2D eigenvalue weighted by Gasteiger charge is 2.24. The molecule has 0 aliphatic rings. The summed E-state index contributed by atoms with van der Waals surface area (Å²) in [5.41, 5.74) is 1.79. The van der Waals surface area contributed by atoms with Gasteiger partial charge in [-0.15, -0.1) is 0 Å². The summed E-state index contributed by atoms with van der Waals surface area (Å²) in [7, 11) is 0. The van der Waals surface area contributed by atoms with Gasteiger partial charge in [0.05, 0.1) is 16.6 Å². The smallest absolute Gasteiger partial charge is 0.340 e. The number of esters is 1. The Hall–Kier alpha value is -3.18. The zero-order chi connectivity index (χ0) is 20.8. The van der Waals surface area contributed by atoms with Crippen molar-refractivity contribution >= 4 is 23.5 Å². The van der Waals surface area contributed by atoms with Crippen LogP contribution in [0.2, 0.25) is 5.02 Å². The molecule has 148 valence electrons. The molecule has 0 fully saturated rings. The SMILES string of the molecule is C[C@H](OC(=O)c1ccc(F)cc1Cl)C(=O)NC(c1ccccc1)c1ccccc1.